The number of nitrogens with one attached hydrogen (secondary N) is 1. The van der Waals surface area contributed by atoms with Gasteiger partial charge in [-0.25, -0.2) is 9.97 Å². The number of carbonyl (C=O) groups excluding carboxylic acids is 1. The Labute approximate surface area is 121 Å². The predicted octanol–water partition coefficient (Wildman–Crippen LogP) is 2.37. The molecule has 2 aromatic rings. The molecule has 0 unspecified atom stereocenters. The van der Waals surface area contributed by atoms with Gasteiger partial charge in [-0.15, -0.1) is 11.3 Å². The molecule has 0 saturated heterocycles. The second-order valence-electron chi connectivity index (χ2n) is 5.41. The minimum absolute atomic E-state index is 0.0873. The summed E-state index contributed by atoms with van der Waals surface area (Å²) in [7, 11) is 0. The molecule has 6 heteroatoms. The smallest absolute Gasteiger partial charge is 0.222 e. The second-order valence-corrected chi connectivity index (χ2v) is 6.27. The van der Waals surface area contributed by atoms with Crippen LogP contribution in [0, 0.1) is 19.8 Å². The van der Waals surface area contributed by atoms with Gasteiger partial charge >= 0.3 is 0 Å². The van der Waals surface area contributed by atoms with Crippen molar-refractivity contribution in [2.75, 3.05) is 5.32 Å². The normalized spacial score (nSPS) is 22.3. The number of nitrogens with zero attached hydrogens (tertiary/aromatic N) is 2. The summed E-state index contributed by atoms with van der Waals surface area (Å²) in [5.41, 5.74) is 6.65. The van der Waals surface area contributed by atoms with E-state index in [1.807, 2.05) is 6.92 Å². The molecule has 1 amide bonds. The number of carbonyl (C=O) groups is 1. The van der Waals surface area contributed by atoms with E-state index in [2.05, 4.69) is 27.6 Å². The lowest BCUT2D eigenvalue weighted by molar-refractivity contribution is -0.121. The fourth-order valence-electron chi connectivity index (χ4n) is 2.94. The number of amides is 1. The van der Waals surface area contributed by atoms with Crippen LogP contribution in [0.15, 0.2) is 5.38 Å². The summed E-state index contributed by atoms with van der Waals surface area (Å²) in [5.74, 6) is 1.27. The third-order valence-electron chi connectivity index (χ3n) is 3.93. The Hall–Kier alpha value is -1.69. The van der Waals surface area contributed by atoms with Crippen molar-refractivity contribution in [3.8, 4) is 0 Å². The van der Waals surface area contributed by atoms with Crippen LogP contribution in [-0.2, 0) is 4.79 Å². The zero-order chi connectivity index (χ0) is 14.3. The Morgan fingerprint density at radius 1 is 1.40 bits per heavy atom. The first-order chi connectivity index (χ1) is 9.56. The highest BCUT2D eigenvalue weighted by atomic mass is 32.1. The zero-order valence-electron chi connectivity index (χ0n) is 11.6. The van der Waals surface area contributed by atoms with Crippen LogP contribution in [0.4, 0.5) is 5.82 Å². The van der Waals surface area contributed by atoms with E-state index in [0.717, 1.165) is 41.1 Å². The number of anilines is 1. The maximum atomic E-state index is 11.5. The molecule has 0 bridgehead atoms. The Morgan fingerprint density at radius 3 is 2.95 bits per heavy atom. The number of thiophene rings is 1. The lowest BCUT2D eigenvalue weighted by Crippen LogP contribution is -2.34. The van der Waals surface area contributed by atoms with Gasteiger partial charge in [0, 0.05) is 6.04 Å². The summed E-state index contributed by atoms with van der Waals surface area (Å²) >= 11 is 1.62. The van der Waals surface area contributed by atoms with Crippen molar-refractivity contribution < 1.29 is 4.79 Å². The van der Waals surface area contributed by atoms with Crippen LogP contribution in [0.3, 0.4) is 0 Å². The molecule has 5 nitrogen and oxygen atoms in total. The van der Waals surface area contributed by atoms with Gasteiger partial charge in [0.25, 0.3) is 0 Å². The van der Waals surface area contributed by atoms with Gasteiger partial charge in [0.15, 0.2) is 0 Å². The molecule has 0 radical (unpaired) electrons. The van der Waals surface area contributed by atoms with Crippen molar-refractivity contribution in [1.82, 2.24) is 9.97 Å². The van der Waals surface area contributed by atoms with E-state index in [-0.39, 0.29) is 17.9 Å². The van der Waals surface area contributed by atoms with Crippen LogP contribution in [0.1, 0.15) is 30.7 Å². The van der Waals surface area contributed by atoms with Crippen LogP contribution in [0.25, 0.3) is 10.2 Å². The Kier molecular flexibility index (Phi) is 3.33. The number of rotatable bonds is 3. The number of hydrogen-bond acceptors (Lipinski definition) is 5. The van der Waals surface area contributed by atoms with Gasteiger partial charge in [0.05, 0.1) is 11.3 Å². The number of nitrogens with two attached hydrogens (primary N) is 1. The molecule has 0 aromatic carbocycles. The Morgan fingerprint density at radius 2 is 2.20 bits per heavy atom. The van der Waals surface area contributed by atoms with E-state index in [0.29, 0.717) is 0 Å². The number of primary amides is 1. The number of aromatic nitrogens is 2. The molecule has 106 valence electrons. The minimum atomic E-state index is -0.218. The maximum absolute atomic E-state index is 11.5. The van der Waals surface area contributed by atoms with Crippen molar-refractivity contribution in [2.24, 2.45) is 11.7 Å². The fourth-order valence-corrected chi connectivity index (χ4v) is 3.91. The largest absolute Gasteiger partial charge is 0.369 e. The van der Waals surface area contributed by atoms with Gasteiger partial charge in [0.2, 0.25) is 5.91 Å². The quantitative estimate of drug-likeness (QED) is 0.909. The number of fused-ring (bicyclic) bond motifs is 1. The van der Waals surface area contributed by atoms with E-state index < -0.39 is 0 Å². The van der Waals surface area contributed by atoms with Gasteiger partial charge in [-0.05, 0) is 37.6 Å². The summed E-state index contributed by atoms with van der Waals surface area (Å²) < 4.78 is 0. The van der Waals surface area contributed by atoms with Crippen LogP contribution >= 0.6 is 11.3 Å². The van der Waals surface area contributed by atoms with E-state index in [1.165, 1.54) is 5.56 Å². The lowest BCUT2D eigenvalue weighted by atomic mass is 10.0. The second kappa shape index (κ2) is 5.01. The first-order valence-electron chi connectivity index (χ1n) is 6.84. The summed E-state index contributed by atoms with van der Waals surface area (Å²) in [6, 6.07) is 0.0873. The van der Waals surface area contributed by atoms with Gasteiger partial charge < -0.3 is 11.1 Å². The third-order valence-corrected chi connectivity index (χ3v) is 4.92. The van der Waals surface area contributed by atoms with E-state index >= 15 is 0 Å². The molecule has 1 aliphatic rings. The average molecular weight is 290 g/mol. The highest BCUT2D eigenvalue weighted by molar-refractivity contribution is 7.17. The topological polar surface area (TPSA) is 80.9 Å². The van der Waals surface area contributed by atoms with Gasteiger partial charge in [-0.3, -0.25) is 4.79 Å². The molecule has 2 aromatic heterocycles. The standard InChI is InChI=1S/C14H18N4OS/c1-7-6-20-14-11(7)13(16-8(2)17-14)18-10-5-3-4-9(10)12(15)19/h6,9-10H,3-5H2,1-2H3,(H2,15,19)(H,16,17,18)/t9-,10+/m0/s1. The van der Waals surface area contributed by atoms with Crippen molar-refractivity contribution in [1.29, 1.82) is 0 Å². The van der Waals surface area contributed by atoms with Gasteiger partial charge in [-0.1, -0.05) is 6.42 Å². The van der Waals surface area contributed by atoms with Crippen molar-refractivity contribution in [3.63, 3.8) is 0 Å². The Bertz CT molecular complexity index is 666. The molecule has 0 aliphatic heterocycles. The summed E-state index contributed by atoms with van der Waals surface area (Å²) in [6.07, 6.45) is 2.85. The summed E-state index contributed by atoms with van der Waals surface area (Å²) in [5, 5.41) is 6.59. The molecule has 1 aliphatic carbocycles. The first-order valence-corrected chi connectivity index (χ1v) is 7.72. The predicted molar refractivity (Wildman–Crippen MR) is 80.8 cm³/mol. The molecular formula is C14H18N4OS. The molecular weight excluding hydrogens is 272 g/mol. The van der Waals surface area contributed by atoms with Gasteiger partial charge in [-0.2, -0.15) is 0 Å². The van der Waals surface area contributed by atoms with Crippen LogP contribution in [-0.4, -0.2) is 21.9 Å². The van der Waals surface area contributed by atoms with E-state index in [4.69, 9.17) is 5.73 Å². The first kappa shape index (κ1) is 13.3. The molecule has 3 rings (SSSR count). The van der Waals surface area contributed by atoms with Crippen LogP contribution < -0.4 is 11.1 Å². The zero-order valence-corrected chi connectivity index (χ0v) is 12.5. The molecule has 20 heavy (non-hydrogen) atoms. The summed E-state index contributed by atoms with van der Waals surface area (Å²) in [6.45, 7) is 3.95. The minimum Gasteiger partial charge on any atom is -0.369 e. The van der Waals surface area contributed by atoms with E-state index in [1.54, 1.807) is 11.3 Å². The molecule has 2 heterocycles. The summed E-state index contributed by atoms with van der Waals surface area (Å²) in [4.78, 5) is 21.5. The average Bonchev–Trinajstić information content (AvgIpc) is 2.96. The van der Waals surface area contributed by atoms with E-state index in [9.17, 15) is 4.79 Å². The fraction of sp³-hybridized carbons (Fsp3) is 0.500. The highest BCUT2D eigenvalue weighted by Crippen LogP contribution is 2.33. The SMILES string of the molecule is Cc1nc(N[C@@H]2CCC[C@@H]2C(N)=O)c2c(C)csc2n1. The van der Waals surface area contributed by atoms with Crippen LogP contribution in [0.5, 0.6) is 0 Å². The van der Waals surface area contributed by atoms with Gasteiger partial charge in [0.1, 0.15) is 16.5 Å². The van der Waals surface area contributed by atoms with Crippen molar-refractivity contribution in [3.05, 3.63) is 16.8 Å². The molecule has 1 saturated carbocycles. The third kappa shape index (κ3) is 2.24. The molecule has 1 fully saturated rings. The van der Waals surface area contributed by atoms with Crippen LogP contribution in [0.2, 0.25) is 0 Å². The monoisotopic (exact) mass is 290 g/mol. The lowest BCUT2D eigenvalue weighted by Gasteiger charge is -2.19. The Balaban J connectivity index is 1.98. The van der Waals surface area contributed by atoms with Crippen molar-refractivity contribution in [2.45, 2.75) is 39.2 Å². The number of hydrogen-bond donors (Lipinski definition) is 2. The molecule has 0 spiro atoms. The van der Waals surface area contributed by atoms with Crippen molar-refractivity contribution >= 4 is 33.3 Å². The highest BCUT2D eigenvalue weighted by Gasteiger charge is 2.32. The maximum Gasteiger partial charge on any atom is 0.222 e. The molecule has 3 N–H and O–H groups in total. The number of aryl methyl sites for hydroxylation is 2. The molecule has 2 atom stereocenters.